The highest BCUT2D eigenvalue weighted by Crippen LogP contribution is 2.36. The minimum atomic E-state index is 0.287. The number of fused-ring (bicyclic) bond motifs is 2. The number of aromatic nitrogens is 2. The summed E-state index contributed by atoms with van der Waals surface area (Å²) in [5, 5.41) is 15.9. The van der Waals surface area contributed by atoms with Gasteiger partial charge in [-0.1, -0.05) is 38.1 Å². The predicted octanol–water partition coefficient (Wildman–Crippen LogP) is 3.34. The summed E-state index contributed by atoms with van der Waals surface area (Å²) in [4.78, 5) is 14.4. The van der Waals surface area contributed by atoms with Gasteiger partial charge >= 0.3 is 6.01 Å². The van der Waals surface area contributed by atoms with Crippen LogP contribution < -0.4 is 19.9 Å². The SMILES string of the molecule is CC(C)COc1nc2c(c(N3CCNCC3)n1)CCN(c1cc(O)cc3ccccc13)C2. The zero-order valence-electron chi connectivity index (χ0n) is 18.8. The summed E-state index contributed by atoms with van der Waals surface area (Å²) >= 11 is 0. The van der Waals surface area contributed by atoms with Crippen molar-refractivity contribution in [3.8, 4) is 11.8 Å². The molecule has 32 heavy (non-hydrogen) atoms. The summed E-state index contributed by atoms with van der Waals surface area (Å²) < 4.78 is 5.97. The van der Waals surface area contributed by atoms with E-state index in [4.69, 9.17) is 14.7 Å². The summed E-state index contributed by atoms with van der Waals surface area (Å²) in [6, 6.07) is 12.3. The minimum absolute atomic E-state index is 0.287. The number of hydrogen-bond acceptors (Lipinski definition) is 7. The van der Waals surface area contributed by atoms with Crippen LogP contribution in [0, 0.1) is 5.92 Å². The molecular formula is C25H31N5O2. The number of rotatable bonds is 5. The fourth-order valence-electron chi connectivity index (χ4n) is 4.57. The van der Waals surface area contributed by atoms with Crippen molar-refractivity contribution in [3.63, 3.8) is 0 Å². The standard InChI is InChI=1S/C25H31N5O2/c1-17(2)16-32-25-27-22-15-30(23-14-19(31)13-18-5-3-4-6-20(18)23)10-7-21(22)24(28-25)29-11-8-26-9-12-29/h3-6,13-14,17,26,31H,7-12,15-16H2,1-2H3. The number of ether oxygens (including phenoxy) is 1. The maximum Gasteiger partial charge on any atom is 0.318 e. The molecule has 0 unspecified atom stereocenters. The number of anilines is 2. The monoisotopic (exact) mass is 433 g/mol. The van der Waals surface area contributed by atoms with Crippen LogP contribution in [0.1, 0.15) is 25.1 Å². The Kier molecular flexibility index (Phi) is 5.74. The molecule has 2 aliphatic rings. The highest BCUT2D eigenvalue weighted by molar-refractivity contribution is 5.95. The third kappa shape index (κ3) is 4.17. The molecule has 7 nitrogen and oxygen atoms in total. The van der Waals surface area contributed by atoms with Crippen LogP contribution in [-0.4, -0.2) is 54.4 Å². The zero-order chi connectivity index (χ0) is 22.1. The Labute approximate surface area is 189 Å². The molecular weight excluding hydrogens is 402 g/mol. The average Bonchev–Trinajstić information content (AvgIpc) is 2.81. The first-order valence-electron chi connectivity index (χ1n) is 11.5. The van der Waals surface area contributed by atoms with Crippen LogP contribution in [0.5, 0.6) is 11.8 Å². The van der Waals surface area contributed by atoms with Crippen LogP contribution in [0.4, 0.5) is 11.5 Å². The zero-order valence-corrected chi connectivity index (χ0v) is 18.8. The van der Waals surface area contributed by atoms with Crippen LogP contribution in [0.15, 0.2) is 36.4 Å². The van der Waals surface area contributed by atoms with Crippen molar-refractivity contribution in [2.24, 2.45) is 5.92 Å². The van der Waals surface area contributed by atoms with E-state index in [9.17, 15) is 5.11 Å². The third-order valence-corrected chi connectivity index (χ3v) is 6.15. The van der Waals surface area contributed by atoms with Gasteiger partial charge in [0.15, 0.2) is 0 Å². The van der Waals surface area contributed by atoms with E-state index in [0.717, 1.165) is 67.1 Å². The van der Waals surface area contributed by atoms with E-state index in [1.807, 2.05) is 30.3 Å². The molecule has 2 aromatic carbocycles. The van der Waals surface area contributed by atoms with Crippen molar-refractivity contribution in [1.29, 1.82) is 0 Å². The molecule has 5 rings (SSSR count). The van der Waals surface area contributed by atoms with Crippen LogP contribution in [-0.2, 0) is 13.0 Å². The Bertz CT molecular complexity index is 1110. The smallest absolute Gasteiger partial charge is 0.318 e. The summed E-state index contributed by atoms with van der Waals surface area (Å²) in [6.45, 7) is 10.2. The van der Waals surface area contributed by atoms with Gasteiger partial charge < -0.3 is 25.0 Å². The number of benzene rings is 2. The van der Waals surface area contributed by atoms with Gasteiger partial charge in [-0.25, -0.2) is 0 Å². The molecule has 0 saturated carbocycles. The van der Waals surface area contributed by atoms with Gasteiger partial charge in [0.25, 0.3) is 0 Å². The number of aromatic hydroxyl groups is 1. The van der Waals surface area contributed by atoms with E-state index in [1.54, 1.807) is 0 Å². The van der Waals surface area contributed by atoms with E-state index in [2.05, 4.69) is 35.0 Å². The molecule has 0 amide bonds. The van der Waals surface area contributed by atoms with E-state index in [-0.39, 0.29) is 5.75 Å². The van der Waals surface area contributed by atoms with Gasteiger partial charge in [0.1, 0.15) is 11.6 Å². The molecule has 0 aliphatic carbocycles. The van der Waals surface area contributed by atoms with E-state index < -0.39 is 0 Å². The van der Waals surface area contributed by atoms with E-state index in [0.29, 0.717) is 25.1 Å². The first-order chi connectivity index (χ1) is 15.6. The Morgan fingerprint density at radius 1 is 1.06 bits per heavy atom. The third-order valence-electron chi connectivity index (χ3n) is 6.15. The summed E-state index contributed by atoms with van der Waals surface area (Å²) in [6.07, 6.45) is 0.864. The number of piperazine rings is 1. The summed E-state index contributed by atoms with van der Waals surface area (Å²) in [5.41, 5.74) is 3.29. The average molecular weight is 434 g/mol. The van der Waals surface area contributed by atoms with E-state index >= 15 is 0 Å². The molecule has 2 aliphatic heterocycles. The summed E-state index contributed by atoms with van der Waals surface area (Å²) in [5.74, 6) is 1.72. The highest BCUT2D eigenvalue weighted by Gasteiger charge is 2.27. The molecule has 0 bridgehead atoms. The summed E-state index contributed by atoms with van der Waals surface area (Å²) in [7, 11) is 0. The van der Waals surface area contributed by atoms with Crippen molar-refractivity contribution < 1.29 is 9.84 Å². The lowest BCUT2D eigenvalue weighted by atomic mass is 10.0. The van der Waals surface area contributed by atoms with Gasteiger partial charge in [0.05, 0.1) is 18.8 Å². The van der Waals surface area contributed by atoms with Gasteiger partial charge in [0, 0.05) is 55.4 Å². The molecule has 1 aromatic heterocycles. The maximum atomic E-state index is 10.3. The lowest BCUT2D eigenvalue weighted by molar-refractivity contribution is 0.249. The van der Waals surface area contributed by atoms with Crippen molar-refractivity contribution in [2.75, 3.05) is 49.1 Å². The maximum absolute atomic E-state index is 10.3. The van der Waals surface area contributed by atoms with Gasteiger partial charge in [0.2, 0.25) is 0 Å². The van der Waals surface area contributed by atoms with Gasteiger partial charge in [-0.2, -0.15) is 9.97 Å². The molecule has 168 valence electrons. The second-order valence-corrected chi connectivity index (χ2v) is 9.05. The van der Waals surface area contributed by atoms with Crippen molar-refractivity contribution >= 4 is 22.3 Å². The molecule has 3 heterocycles. The molecule has 2 N–H and O–H groups in total. The van der Waals surface area contributed by atoms with Gasteiger partial charge in [-0.15, -0.1) is 0 Å². The number of nitrogens with one attached hydrogen (secondary N) is 1. The first kappa shape index (κ1) is 20.8. The lowest BCUT2D eigenvalue weighted by Gasteiger charge is -2.35. The van der Waals surface area contributed by atoms with Crippen molar-refractivity contribution in [3.05, 3.63) is 47.7 Å². The fraction of sp³-hybridized carbons (Fsp3) is 0.440. The normalized spacial score (nSPS) is 16.5. The fourth-order valence-corrected chi connectivity index (χ4v) is 4.57. The quantitative estimate of drug-likeness (QED) is 0.639. The largest absolute Gasteiger partial charge is 0.508 e. The number of hydrogen-bond donors (Lipinski definition) is 2. The molecule has 0 radical (unpaired) electrons. The van der Waals surface area contributed by atoms with Crippen LogP contribution in [0.2, 0.25) is 0 Å². The van der Waals surface area contributed by atoms with Crippen molar-refractivity contribution in [2.45, 2.75) is 26.8 Å². The molecule has 1 saturated heterocycles. The molecule has 0 atom stereocenters. The molecule has 1 fully saturated rings. The highest BCUT2D eigenvalue weighted by atomic mass is 16.5. The Balaban J connectivity index is 1.52. The topological polar surface area (TPSA) is 73.8 Å². The predicted molar refractivity (Wildman–Crippen MR) is 128 cm³/mol. The number of nitrogens with zero attached hydrogens (tertiary/aromatic N) is 4. The van der Waals surface area contributed by atoms with Crippen molar-refractivity contribution in [1.82, 2.24) is 15.3 Å². The minimum Gasteiger partial charge on any atom is -0.508 e. The lowest BCUT2D eigenvalue weighted by Crippen LogP contribution is -2.45. The Hall–Kier alpha value is -3.06. The Morgan fingerprint density at radius 2 is 1.88 bits per heavy atom. The molecule has 3 aromatic rings. The van der Waals surface area contributed by atoms with Crippen LogP contribution in [0.25, 0.3) is 10.8 Å². The Morgan fingerprint density at radius 3 is 2.69 bits per heavy atom. The van der Waals surface area contributed by atoms with E-state index in [1.165, 1.54) is 5.56 Å². The molecule has 0 spiro atoms. The number of phenolic OH excluding ortho intramolecular Hbond substituents is 1. The van der Waals surface area contributed by atoms with Crippen LogP contribution in [0.3, 0.4) is 0 Å². The van der Waals surface area contributed by atoms with Gasteiger partial charge in [-0.05, 0) is 23.8 Å². The van der Waals surface area contributed by atoms with Gasteiger partial charge in [-0.3, -0.25) is 0 Å². The van der Waals surface area contributed by atoms with Crippen LogP contribution >= 0.6 is 0 Å². The second-order valence-electron chi connectivity index (χ2n) is 9.05. The first-order valence-corrected chi connectivity index (χ1v) is 11.5. The molecule has 7 heteroatoms. The number of phenols is 1. The second kappa shape index (κ2) is 8.82.